The van der Waals surface area contributed by atoms with E-state index in [4.69, 9.17) is 15.2 Å². The van der Waals surface area contributed by atoms with Gasteiger partial charge in [-0.2, -0.15) is 0 Å². The minimum Gasteiger partial charge on any atom is -0.497 e. The molecule has 0 aromatic heterocycles. The van der Waals surface area contributed by atoms with E-state index in [1.807, 2.05) is 24.3 Å². The molecule has 0 spiro atoms. The second-order valence-corrected chi connectivity index (χ2v) is 5.59. The van der Waals surface area contributed by atoms with Crippen molar-refractivity contribution in [3.05, 3.63) is 29.8 Å². The van der Waals surface area contributed by atoms with Gasteiger partial charge in [0, 0.05) is 0 Å². The SMILES string of the molecule is COc1ccc(C(N)COC2CCC(C)CC2)cc1. The van der Waals surface area contributed by atoms with Gasteiger partial charge in [-0.3, -0.25) is 0 Å². The lowest BCUT2D eigenvalue weighted by Gasteiger charge is -2.27. The van der Waals surface area contributed by atoms with Crippen LogP contribution in [0.3, 0.4) is 0 Å². The molecule has 1 atom stereocenters. The lowest BCUT2D eigenvalue weighted by Crippen LogP contribution is -2.25. The highest BCUT2D eigenvalue weighted by Crippen LogP contribution is 2.26. The van der Waals surface area contributed by atoms with E-state index in [9.17, 15) is 0 Å². The van der Waals surface area contributed by atoms with Crippen molar-refractivity contribution < 1.29 is 9.47 Å². The second kappa shape index (κ2) is 6.92. The van der Waals surface area contributed by atoms with Crippen molar-refractivity contribution in [1.29, 1.82) is 0 Å². The standard InChI is InChI=1S/C16H25NO2/c1-12-3-7-15(8-4-12)19-11-16(17)13-5-9-14(18-2)10-6-13/h5-6,9-10,12,15-16H,3-4,7-8,11,17H2,1-2H3. The summed E-state index contributed by atoms with van der Waals surface area (Å²) in [5, 5.41) is 0. The second-order valence-electron chi connectivity index (χ2n) is 5.59. The number of hydrogen-bond acceptors (Lipinski definition) is 3. The zero-order valence-electron chi connectivity index (χ0n) is 12.0. The first kappa shape index (κ1) is 14.4. The molecule has 1 aromatic rings. The Morgan fingerprint density at radius 3 is 2.37 bits per heavy atom. The fraction of sp³-hybridized carbons (Fsp3) is 0.625. The van der Waals surface area contributed by atoms with Gasteiger partial charge < -0.3 is 15.2 Å². The van der Waals surface area contributed by atoms with Crippen LogP contribution in [0.1, 0.15) is 44.2 Å². The summed E-state index contributed by atoms with van der Waals surface area (Å²) in [6, 6.07) is 7.85. The summed E-state index contributed by atoms with van der Waals surface area (Å²) in [4.78, 5) is 0. The highest BCUT2D eigenvalue weighted by atomic mass is 16.5. The topological polar surface area (TPSA) is 44.5 Å². The minimum absolute atomic E-state index is 0.0507. The first-order chi connectivity index (χ1) is 9.19. The van der Waals surface area contributed by atoms with Gasteiger partial charge in [-0.25, -0.2) is 0 Å². The maximum atomic E-state index is 6.17. The van der Waals surface area contributed by atoms with Gasteiger partial charge in [0.05, 0.1) is 25.9 Å². The number of methoxy groups -OCH3 is 1. The molecule has 0 heterocycles. The first-order valence-electron chi connectivity index (χ1n) is 7.20. The molecule has 1 aliphatic rings. The van der Waals surface area contributed by atoms with Crippen LogP contribution < -0.4 is 10.5 Å². The molecule has 3 heteroatoms. The molecule has 0 radical (unpaired) electrons. The van der Waals surface area contributed by atoms with Gasteiger partial charge in [0.25, 0.3) is 0 Å². The van der Waals surface area contributed by atoms with Gasteiger partial charge in [-0.05, 0) is 49.3 Å². The zero-order chi connectivity index (χ0) is 13.7. The molecule has 3 nitrogen and oxygen atoms in total. The van der Waals surface area contributed by atoms with Crippen molar-refractivity contribution in [2.45, 2.75) is 44.8 Å². The predicted octanol–water partition coefficient (Wildman–Crippen LogP) is 3.29. The van der Waals surface area contributed by atoms with Crippen LogP contribution in [0.5, 0.6) is 5.75 Å². The van der Waals surface area contributed by atoms with Gasteiger partial charge >= 0.3 is 0 Å². The summed E-state index contributed by atoms with van der Waals surface area (Å²) < 4.78 is 11.1. The molecule has 0 saturated heterocycles. The van der Waals surface area contributed by atoms with E-state index < -0.39 is 0 Å². The Labute approximate surface area is 116 Å². The molecule has 0 amide bonds. The van der Waals surface area contributed by atoms with Gasteiger partial charge in [0.15, 0.2) is 0 Å². The van der Waals surface area contributed by atoms with Crippen molar-refractivity contribution in [3.63, 3.8) is 0 Å². The lowest BCUT2D eigenvalue weighted by atomic mass is 9.89. The van der Waals surface area contributed by atoms with Crippen molar-refractivity contribution in [2.24, 2.45) is 11.7 Å². The molecule has 1 aliphatic carbocycles. The smallest absolute Gasteiger partial charge is 0.118 e. The average molecular weight is 263 g/mol. The molecule has 1 unspecified atom stereocenters. The third kappa shape index (κ3) is 4.22. The third-order valence-electron chi connectivity index (χ3n) is 4.02. The molecule has 106 valence electrons. The lowest BCUT2D eigenvalue weighted by molar-refractivity contribution is 0.0126. The average Bonchev–Trinajstić information content (AvgIpc) is 2.46. The van der Waals surface area contributed by atoms with Crippen LogP contribution in [0.4, 0.5) is 0 Å². The Morgan fingerprint density at radius 2 is 1.79 bits per heavy atom. The molecule has 0 aliphatic heterocycles. The molecule has 1 aromatic carbocycles. The van der Waals surface area contributed by atoms with E-state index in [0.29, 0.717) is 12.7 Å². The minimum atomic E-state index is -0.0507. The fourth-order valence-electron chi connectivity index (χ4n) is 2.58. The number of nitrogens with two attached hydrogens (primary N) is 1. The quantitative estimate of drug-likeness (QED) is 0.886. The Bertz CT molecular complexity index is 369. The summed E-state index contributed by atoms with van der Waals surface area (Å²) in [6.07, 6.45) is 5.32. The van der Waals surface area contributed by atoms with Gasteiger partial charge in [-0.1, -0.05) is 19.1 Å². The van der Waals surface area contributed by atoms with Crippen molar-refractivity contribution >= 4 is 0 Å². The summed E-state index contributed by atoms with van der Waals surface area (Å²) in [7, 11) is 1.67. The van der Waals surface area contributed by atoms with Crippen LogP contribution in [0, 0.1) is 5.92 Å². The highest BCUT2D eigenvalue weighted by molar-refractivity contribution is 5.28. The van der Waals surface area contributed by atoms with Crippen LogP contribution in [0.15, 0.2) is 24.3 Å². The van der Waals surface area contributed by atoms with Gasteiger partial charge in [0.2, 0.25) is 0 Å². The predicted molar refractivity (Wildman–Crippen MR) is 77.3 cm³/mol. The van der Waals surface area contributed by atoms with E-state index in [2.05, 4.69) is 6.92 Å². The van der Waals surface area contributed by atoms with Crippen LogP contribution in [-0.2, 0) is 4.74 Å². The molecule has 19 heavy (non-hydrogen) atoms. The van der Waals surface area contributed by atoms with Crippen LogP contribution in [0.25, 0.3) is 0 Å². The molecular weight excluding hydrogens is 238 g/mol. The summed E-state index contributed by atoms with van der Waals surface area (Å²) in [5.74, 6) is 1.72. The van der Waals surface area contributed by atoms with Crippen molar-refractivity contribution in [2.75, 3.05) is 13.7 Å². The van der Waals surface area contributed by atoms with Crippen LogP contribution in [0.2, 0.25) is 0 Å². The van der Waals surface area contributed by atoms with E-state index in [0.717, 1.165) is 17.2 Å². The maximum Gasteiger partial charge on any atom is 0.118 e. The van der Waals surface area contributed by atoms with Gasteiger partial charge in [0.1, 0.15) is 5.75 Å². The number of ether oxygens (including phenoxy) is 2. The van der Waals surface area contributed by atoms with Gasteiger partial charge in [-0.15, -0.1) is 0 Å². The van der Waals surface area contributed by atoms with Crippen molar-refractivity contribution in [1.82, 2.24) is 0 Å². The van der Waals surface area contributed by atoms with E-state index in [1.165, 1.54) is 25.7 Å². The largest absolute Gasteiger partial charge is 0.497 e. The Morgan fingerprint density at radius 1 is 1.16 bits per heavy atom. The van der Waals surface area contributed by atoms with Crippen molar-refractivity contribution in [3.8, 4) is 5.75 Å². The maximum absolute atomic E-state index is 6.17. The molecule has 2 N–H and O–H groups in total. The molecular formula is C16H25NO2. The summed E-state index contributed by atoms with van der Waals surface area (Å²) >= 11 is 0. The number of rotatable bonds is 5. The zero-order valence-corrected chi connectivity index (χ0v) is 12.0. The monoisotopic (exact) mass is 263 g/mol. The van der Waals surface area contributed by atoms with Crippen LogP contribution in [-0.4, -0.2) is 19.8 Å². The summed E-state index contributed by atoms with van der Waals surface area (Å²) in [5.41, 5.74) is 7.27. The Kier molecular flexibility index (Phi) is 5.23. The third-order valence-corrected chi connectivity index (χ3v) is 4.02. The summed E-state index contributed by atoms with van der Waals surface area (Å²) in [6.45, 7) is 2.92. The Hall–Kier alpha value is -1.06. The van der Waals surface area contributed by atoms with E-state index >= 15 is 0 Å². The normalized spacial score (nSPS) is 25.0. The molecule has 1 fully saturated rings. The Balaban J connectivity index is 1.78. The molecule has 2 rings (SSSR count). The number of benzene rings is 1. The number of hydrogen-bond donors (Lipinski definition) is 1. The highest BCUT2D eigenvalue weighted by Gasteiger charge is 2.19. The molecule has 1 saturated carbocycles. The van der Waals surface area contributed by atoms with Crippen LogP contribution >= 0.6 is 0 Å². The molecule has 0 bridgehead atoms. The first-order valence-corrected chi connectivity index (χ1v) is 7.20. The fourth-order valence-corrected chi connectivity index (χ4v) is 2.58. The van der Waals surface area contributed by atoms with E-state index in [1.54, 1.807) is 7.11 Å². The van der Waals surface area contributed by atoms with E-state index in [-0.39, 0.29) is 6.04 Å².